The lowest BCUT2D eigenvalue weighted by atomic mass is 9.90. The normalized spacial score (nSPS) is 12.0. The number of ether oxygens (including phenoxy) is 2. The van der Waals surface area contributed by atoms with Crippen LogP contribution in [0.2, 0.25) is 0 Å². The van der Waals surface area contributed by atoms with Crippen LogP contribution in [0.3, 0.4) is 0 Å². The molecule has 0 unspecified atom stereocenters. The molecule has 0 aliphatic heterocycles. The van der Waals surface area contributed by atoms with E-state index in [4.69, 9.17) is 9.47 Å². The van der Waals surface area contributed by atoms with Gasteiger partial charge in [-0.25, -0.2) is 0 Å². The van der Waals surface area contributed by atoms with Crippen molar-refractivity contribution in [3.05, 3.63) is 142 Å². The Morgan fingerprint density at radius 2 is 0.653 bits per heavy atom. The van der Waals surface area contributed by atoms with Gasteiger partial charge in [0.2, 0.25) is 0 Å². The summed E-state index contributed by atoms with van der Waals surface area (Å²) < 4.78 is 14.5. The van der Waals surface area contributed by atoms with E-state index in [2.05, 4.69) is 180 Å². The number of phenols is 2. The molecule has 0 amide bonds. The van der Waals surface area contributed by atoms with E-state index < -0.39 is 10.0 Å². The van der Waals surface area contributed by atoms with Gasteiger partial charge >= 0.3 is 0 Å². The first-order valence-corrected chi connectivity index (χ1v) is 31.5. The molecule has 6 aromatic carbocycles. The number of unbranched alkanes of at least 4 members (excludes halogenated alkanes) is 6. The van der Waals surface area contributed by atoms with E-state index >= 15 is 0 Å². The summed E-state index contributed by atoms with van der Waals surface area (Å²) in [5, 5.41) is 25.7. The molecule has 0 saturated carbocycles. The van der Waals surface area contributed by atoms with Gasteiger partial charge in [-0.2, -0.15) is 10.0 Å². The Morgan fingerprint density at radius 1 is 0.360 bits per heavy atom. The number of phenolic OH excluding ortho intramolecular Hbond substituents is 2. The molecular weight excluding hydrogens is 937 g/mol. The van der Waals surface area contributed by atoms with Crippen molar-refractivity contribution in [2.75, 3.05) is 11.9 Å². The average Bonchev–Trinajstić information content (AvgIpc) is 3.40. The molecule has 0 bridgehead atoms. The van der Waals surface area contributed by atoms with Crippen molar-refractivity contribution in [2.45, 2.75) is 209 Å². The molecule has 2 N–H and O–H groups in total. The Morgan fingerprint density at radius 3 is 0.947 bits per heavy atom. The number of hydrogen-bond donors (Lipinski definition) is 2. The Hall–Kier alpha value is -5.13. The maximum absolute atomic E-state index is 12.6. The van der Waals surface area contributed by atoms with Gasteiger partial charge in [-0.1, -0.05) is 156 Å². The molecule has 0 radical (unpaired) electrons. The van der Waals surface area contributed by atoms with Crippen molar-refractivity contribution in [3.63, 3.8) is 0 Å². The molecule has 0 atom stereocenters. The summed E-state index contributed by atoms with van der Waals surface area (Å²) in [5.41, 5.74) is 17.5. The number of aromatic hydroxyl groups is 2. The van der Waals surface area contributed by atoms with Crippen molar-refractivity contribution in [1.82, 2.24) is 0 Å². The lowest BCUT2D eigenvalue weighted by Crippen LogP contribution is -2.31. The van der Waals surface area contributed by atoms with Crippen molar-refractivity contribution in [1.29, 1.82) is 0 Å². The summed E-state index contributed by atoms with van der Waals surface area (Å²) in [7, 11) is -1.63. The summed E-state index contributed by atoms with van der Waals surface area (Å²) in [6, 6.07) is 35.9. The molecule has 6 aromatic rings. The van der Waals surface area contributed by atoms with E-state index in [0.717, 1.165) is 183 Å². The fraction of sp³-hybridized carbons (Fsp3) is 0.486. The molecule has 0 saturated heterocycles. The Kier molecular flexibility index (Phi) is 22.7. The van der Waals surface area contributed by atoms with E-state index in [1.165, 1.54) is 33.4 Å². The summed E-state index contributed by atoms with van der Waals surface area (Å²) >= 11 is 0. The smallest absolute Gasteiger partial charge is 0.131 e. The van der Waals surface area contributed by atoms with Crippen molar-refractivity contribution < 1.29 is 19.7 Å². The highest BCUT2D eigenvalue weighted by Crippen LogP contribution is 2.58. The van der Waals surface area contributed by atoms with Crippen LogP contribution in [0.5, 0.6) is 23.0 Å². The first-order valence-electron chi connectivity index (χ1n) is 29.4. The van der Waals surface area contributed by atoms with Gasteiger partial charge in [0, 0.05) is 33.4 Å². The van der Waals surface area contributed by atoms with Crippen LogP contribution in [-0.4, -0.2) is 32.6 Å². The second-order valence-corrected chi connectivity index (χ2v) is 26.8. The van der Waals surface area contributed by atoms with Crippen LogP contribution in [0.25, 0.3) is 44.5 Å². The van der Waals surface area contributed by atoms with E-state index in [-0.39, 0.29) is 10.5 Å². The van der Waals surface area contributed by atoms with E-state index in [1.807, 2.05) is 0 Å². The molecule has 406 valence electrons. The zero-order valence-corrected chi connectivity index (χ0v) is 49.5. The van der Waals surface area contributed by atoms with Gasteiger partial charge < -0.3 is 19.7 Å². The molecule has 0 aliphatic carbocycles. The SMILES string of the molecule is CCCCc1cc(CCCC)cc(-c2cc(C)cc(-c3cc(CCCC)ccc3OCS(COc3ccc(CCCC)cc3-c3cc(C)cc(-c4cc(CCCC)cc(CCCC)c4)c3O)(C(C)C)C(C)C)c2O)c1. The Bertz CT molecular complexity index is 2520. The molecule has 6 rings (SSSR count). The van der Waals surface area contributed by atoms with Crippen molar-refractivity contribution >= 4 is 10.0 Å². The van der Waals surface area contributed by atoms with Crippen LogP contribution in [0.1, 0.15) is 191 Å². The zero-order chi connectivity index (χ0) is 54.1. The van der Waals surface area contributed by atoms with Crippen LogP contribution in [0, 0.1) is 13.8 Å². The quantitative estimate of drug-likeness (QED) is 0.0472. The van der Waals surface area contributed by atoms with Gasteiger partial charge in [0.15, 0.2) is 0 Å². The summed E-state index contributed by atoms with van der Waals surface area (Å²) in [6.45, 7) is 27.1. The first-order chi connectivity index (χ1) is 36.2. The highest BCUT2D eigenvalue weighted by molar-refractivity contribution is 8.34. The predicted molar refractivity (Wildman–Crippen MR) is 328 cm³/mol. The van der Waals surface area contributed by atoms with Crippen LogP contribution < -0.4 is 9.47 Å². The van der Waals surface area contributed by atoms with Crippen molar-refractivity contribution in [3.8, 4) is 67.5 Å². The first kappa shape index (κ1) is 59.1. The topological polar surface area (TPSA) is 58.9 Å². The number of hydrogen-bond acceptors (Lipinski definition) is 4. The fourth-order valence-corrected chi connectivity index (χ4v) is 13.7. The van der Waals surface area contributed by atoms with E-state index in [9.17, 15) is 10.2 Å². The van der Waals surface area contributed by atoms with Gasteiger partial charge in [-0.05, 0) is 206 Å². The maximum atomic E-state index is 12.6. The average molecular weight is 1030 g/mol. The minimum Gasteiger partial charge on any atom is -0.507 e. The number of benzene rings is 6. The second kappa shape index (κ2) is 28.8. The maximum Gasteiger partial charge on any atom is 0.131 e. The summed E-state index contributed by atoms with van der Waals surface area (Å²) in [6.07, 6.45) is 19.7. The summed E-state index contributed by atoms with van der Waals surface area (Å²) in [4.78, 5) is 0. The standard InChI is InChI=1S/C70H96O4S/c1-13-19-25-53-31-33-67(63(45-53)65-37-51(11)35-61(69(65)71)59-41-55(27-21-15-3)39-56(42-59)28-22-16-4)73-47-75(49(7)8,50(9)10)48-74-68-34-32-54(26-20-14-2)46-64(68)66-38-52(12)36-62(70(66)72)60-43-57(29-23-17-5)40-58(44-60)30-24-18-6/h31-46,49-50,71-72H,13-30,47-48H2,1-12H3. The molecule has 4 nitrogen and oxygen atoms in total. The third-order valence-electron chi connectivity index (χ3n) is 15.6. The fourth-order valence-electron chi connectivity index (χ4n) is 10.7. The lowest BCUT2D eigenvalue weighted by molar-refractivity contribution is 0.363. The minimum atomic E-state index is -1.63. The highest BCUT2D eigenvalue weighted by Gasteiger charge is 2.35. The van der Waals surface area contributed by atoms with Crippen LogP contribution in [-0.2, 0) is 38.5 Å². The van der Waals surface area contributed by atoms with E-state index in [0.29, 0.717) is 23.4 Å². The number of rotatable bonds is 30. The molecular formula is C70H96O4S. The van der Waals surface area contributed by atoms with Crippen LogP contribution in [0.4, 0.5) is 0 Å². The second-order valence-electron chi connectivity index (χ2n) is 22.4. The van der Waals surface area contributed by atoms with Gasteiger partial charge in [0.25, 0.3) is 0 Å². The monoisotopic (exact) mass is 1030 g/mol. The lowest BCUT2D eigenvalue weighted by Gasteiger charge is -2.46. The molecule has 0 spiro atoms. The Labute approximate surface area is 457 Å². The van der Waals surface area contributed by atoms with Gasteiger partial charge in [0.1, 0.15) is 34.9 Å². The highest BCUT2D eigenvalue weighted by atomic mass is 32.3. The predicted octanol–water partition coefficient (Wildman–Crippen LogP) is 20.4. The zero-order valence-electron chi connectivity index (χ0n) is 48.7. The molecule has 0 fully saturated rings. The molecule has 0 aliphatic rings. The van der Waals surface area contributed by atoms with Gasteiger partial charge in [-0.15, -0.1) is 0 Å². The van der Waals surface area contributed by atoms with Crippen LogP contribution >= 0.6 is 10.0 Å². The minimum absolute atomic E-state index is 0.277. The number of aryl methyl sites for hydroxylation is 8. The van der Waals surface area contributed by atoms with Crippen molar-refractivity contribution in [2.24, 2.45) is 0 Å². The van der Waals surface area contributed by atoms with Crippen LogP contribution in [0.15, 0.2) is 97.1 Å². The molecule has 0 aromatic heterocycles. The Balaban J connectivity index is 1.41. The molecule has 75 heavy (non-hydrogen) atoms. The van der Waals surface area contributed by atoms with Gasteiger partial charge in [-0.3, -0.25) is 0 Å². The van der Waals surface area contributed by atoms with E-state index in [1.54, 1.807) is 0 Å². The third kappa shape index (κ3) is 15.5. The molecule has 5 heteroatoms. The summed E-state index contributed by atoms with van der Waals surface area (Å²) in [5.74, 6) is 3.19. The largest absolute Gasteiger partial charge is 0.507 e. The van der Waals surface area contributed by atoms with Gasteiger partial charge in [0.05, 0.1) is 0 Å². The third-order valence-corrected chi connectivity index (χ3v) is 20.4. The molecule has 0 heterocycles.